The zero-order valence-corrected chi connectivity index (χ0v) is 12.8. The van der Waals surface area contributed by atoms with E-state index in [1.54, 1.807) is 4.90 Å². The van der Waals surface area contributed by atoms with Crippen LogP contribution < -0.4 is 0 Å². The summed E-state index contributed by atoms with van der Waals surface area (Å²) in [5.74, 6) is -2.56. The first-order chi connectivity index (χ1) is 10.5. The third-order valence-corrected chi connectivity index (χ3v) is 4.04. The van der Waals surface area contributed by atoms with Gasteiger partial charge in [0.25, 0.3) is 5.91 Å². The highest BCUT2D eigenvalue weighted by molar-refractivity contribution is 5.98. The van der Waals surface area contributed by atoms with E-state index in [1.165, 1.54) is 11.0 Å². The van der Waals surface area contributed by atoms with Crippen molar-refractivity contribution >= 4 is 11.8 Å². The maximum absolute atomic E-state index is 13.3. The summed E-state index contributed by atoms with van der Waals surface area (Å²) < 4.78 is 26.3. The fourth-order valence-corrected chi connectivity index (χ4v) is 2.81. The van der Waals surface area contributed by atoms with E-state index in [0.29, 0.717) is 26.1 Å². The van der Waals surface area contributed by atoms with Gasteiger partial charge in [-0.25, -0.2) is 8.78 Å². The Morgan fingerprint density at radius 3 is 2.50 bits per heavy atom. The summed E-state index contributed by atoms with van der Waals surface area (Å²) in [6, 6.07) is 2.55. The van der Waals surface area contributed by atoms with E-state index in [2.05, 4.69) is 0 Å². The summed E-state index contributed by atoms with van der Waals surface area (Å²) >= 11 is 0. The molecule has 2 amide bonds. The van der Waals surface area contributed by atoms with Crippen LogP contribution in [-0.4, -0.2) is 47.3 Å². The van der Waals surface area contributed by atoms with Gasteiger partial charge in [-0.2, -0.15) is 0 Å². The second-order valence-corrected chi connectivity index (χ2v) is 5.30. The molecular weight excluding hydrogens is 290 g/mol. The number of amides is 2. The number of carbonyl (C=O) groups excluding carboxylic acids is 2. The standard InChI is InChI=1S/C16H20F2N2O2/c1-3-19(4-2)16(22)14-6-5-9-20(14)15(21)11-7-8-12(17)13(18)10-11/h7-8,10,14H,3-6,9H2,1-2H3. The van der Waals surface area contributed by atoms with Crippen LogP contribution in [0.1, 0.15) is 37.0 Å². The van der Waals surface area contributed by atoms with E-state index >= 15 is 0 Å². The zero-order chi connectivity index (χ0) is 16.3. The van der Waals surface area contributed by atoms with Crippen molar-refractivity contribution in [2.75, 3.05) is 19.6 Å². The lowest BCUT2D eigenvalue weighted by Crippen LogP contribution is -2.47. The van der Waals surface area contributed by atoms with Crippen LogP contribution in [0.15, 0.2) is 18.2 Å². The van der Waals surface area contributed by atoms with Crippen LogP contribution >= 0.6 is 0 Å². The molecule has 1 unspecified atom stereocenters. The molecular formula is C16H20F2N2O2. The highest BCUT2D eigenvalue weighted by Crippen LogP contribution is 2.22. The van der Waals surface area contributed by atoms with Crippen molar-refractivity contribution in [2.45, 2.75) is 32.7 Å². The summed E-state index contributed by atoms with van der Waals surface area (Å²) in [5, 5.41) is 0. The number of benzene rings is 1. The Bertz CT molecular complexity index is 573. The molecule has 1 heterocycles. The zero-order valence-electron chi connectivity index (χ0n) is 12.8. The first kappa shape index (κ1) is 16.4. The Balaban J connectivity index is 2.20. The maximum atomic E-state index is 13.3. The molecule has 0 aromatic heterocycles. The van der Waals surface area contributed by atoms with Crippen LogP contribution in [0.25, 0.3) is 0 Å². The number of likely N-dealkylation sites (N-methyl/N-ethyl adjacent to an activating group) is 1. The third kappa shape index (κ3) is 3.10. The minimum Gasteiger partial charge on any atom is -0.341 e. The quantitative estimate of drug-likeness (QED) is 0.857. The van der Waals surface area contributed by atoms with Crippen LogP contribution in [0, 0.1) is 11.6 Å². The van der Waals surface area contributed by atoms with Crippen LogP contribution in [0.5, 0.6) is 0 Å². The number of hydrogen-bond acceptors (Lipinski definition) is 2. The lowest BCUT2D eigenvalue weighted by atomic mass is 10.1. The molecule has 0 radical (unpaired) electrons. The predicted molar refractivity (Wildman–Crippen MR) is 78.3 cm³/mol. The van der Waals surface area contributed by atoms with Crippen LogP contribution in [0.2, 0.25) is 0 Å². The van der Waals surface area contributed by atoms with Crippen LogP contribution in [0.3, 0.4) is 0 Å². The molecule has 2 rings (SSSR count). The van der Waals surface area contributed by atoms with Crippen LogP contribution in [-0.2, 0) is 4.79 Å². The molecule has 0 N–H and O–H groups in total. The molecule has 120 valence electrons. The third-order valence-electron chi connectivity index (χ3n) is 4.04. The summed E-state index contributed by atoms with van der Waals surface area (Å²) in [7, 11) is 0. The number of nitrogens with zero attached hydrogens (tertiary/aromatic N) is 2. The summed E-state index contributed by atoms with van der Waals surface area (Å²) in [6.45, 7) is 5.39. The smallest absolute Gasteiger partial charge is 0.254 e. The molecule has 22 heavy (non-hydrogen) atoms. The normalized spacial score (nSPS) is 17.6. The van der Waals surface area contributed by atoms with Crippen molar-refractivity contribution in [3.8, 4) is 0 Å². The van der Waals surface area contributed by atoms with Gasteiger partial charge in [0, 0.05) is 25.2 Å². The molecule has 0 bridgehead atoms. The summed E-state index contributed by atoms with van der Waals surface area (Å²) in [5.41, 5.74) is 0.0677. The molecule has 0 saturated carbocycles. The minimum absolute atomic E-state index is 0.0677. The summed E-state index contributed by atoms with van der Waals surface area (Å²) in [6.07, 6.45) is 1.33. The van der Waals surface area contributed by atoms with Gasteiger partial charge in [-0.3, -0.25) is 9.59 Å². The highest BCUT2D eigenvalue weighted by atomic mass is 19.2. The molecule has 0 spiro atoms. The Morgan fingerprint density at radius 1 is 1.23 bits per heavy atom. The van der Waals surface area contributed by atoms with Crippen molar-refractivity contribution in [1.29, 1.82) is 0 Å². The van der Waals surface area contributed by atoms with Crippen molar-refractivity contribution in [3.63, 3.8) is 0 Å². The Labute approximate surface area is 128 Å². The van der Waals surface area contributed by atoms with E-state index in [-0.39, 0.29) is 11.5 Å². The van der Waals surface area contributed by atoms with Gasteiger partial charge in [0.2, 0.25) is 5.91 Å². The average Bonchev–Trinajstić information content (AvgIpc) is 2.99. The lowest BCUT2D eigenvalue weighted by molar-refractivity contribution is -0.134. The Morgan fingerprint density at radius 2 is 1.91 bits per heavy atom. The van der Waals surface area contributed by atoms with Gasteiger partial charge in [-0.15, -0.1) is 0 Å². The predicted octanol–water partition coefficient (Wildman–Crippen LogP) is 2.44. The average molecular weight is 310 g/mol. The van der Waals surface area contributed by atoms with Gasteiger partial charge in [0.1, 0.15) is 6.04 Å². The van der Waals surface area contributed by atoms with E-state index in [0.717, 1.165) is 18.6 Å². The fraction of sp³-hybridized carbons (Fsp3) is 0.500. The Hall–Kier alpha value is -1.98. The molecule has 1 saturated heterocycles. The van der Waals surface area contributed by atoms with E-state index in [9.17, 15) is 18.4 Å². The number of hydrogen-bond donors (Lipinski definition) is 0. The molecule has 4 nitrogen and oxygen atoms in total. The van der Waals surface area contributed by atoms with Gasteiger partial charge in [0.05, 0.1) is 0 Å². The first-order valence-corrected chi connectivity index (χ1v) is 7.54. The number of likely N-dealkylation sites (tertiary alicyclic amines) is 1. The minimum atomic E-state index is -1.06. The largest absolute Gasteiger partial charge is 0.341 e. The Kier molecular flexibility index (Phi) is 5.11. The SMILES string of the molecule is CCN(CC)C(=O)C1CCCN1C(=O)c1ccc(F)c(F)c1. The second-order valence-electron chi connectivity index (χ2n) is 5.30. The van der Waals surface area contributed by atoms with Crippen molar-refractivity contribution in [2.24, 2.45) is 0 Å². The highest BCUT2D eigenvalue weighted by Gasteiger charge is 2.36. The van der Waals surface area contributed by atoms with E-state index in [4.69, 9.17) is 0 Å². The molecule has 1 atom stereocenters. The first-order valence-electron chi connectivity index (χ1n) is 7.54. The molecule has 1 aliphatic heterocycles. The van der Waals surface area contributed by atoms with Crippen LogP contribution in [0.4, 0.5) is 8.78 Å². The molecule has 1 fully saturated rings. The molecule has 1 aromatic carbocycles. The molecule has 0 aliphatic carbocycles. The molecule has 1 aliphatic rings. The lowest BCUT2D eigenvalue weighted by Gasteiger charge is -2.29. The van der Waals surface area contributed by atoms with E-state index in [1.807, 2.05) is 13.8 Å². The van der Waals surface area contributed by atoms with Gasteiger partial charge < -0.3 is 9.80 Å². The monoisotopic (exact) mass is 310 g/mol. The summed E-state index contributed by atoms with van der Waals surface area (Å²) in [4.78, 5) is 28.1. The topological polar surface area (TPSA) is 40.6 Å². The van der Waals surface area contributed by atoms with Crippen molar-refractivity contribution < 1.29 is 18.4 Å². The van der Waals surface area contributed by atoms with E-state index < -0.39 is 23.6 Å². The van der Waals surface area contributed by atoms with Gasteiger partial charge >= 0.3 is 0 Å². The van der Waals surface area contributed by atoms with Crippen molar-refractivity contribution in [1.82, 2.24) is 9.80 Å². The molecule has 1 aromatic rings. The number of carbonyl (C=O) groups is 2. The van der Waals surface area contributed by atoms with Gasteiger partial charge in [-0.05, 0) is 44.9 Å². The molecule has 6 heteroatoms. The number of halogens is 2. The van der Waals surface area contributed by atoms with Gasteiger partial charge in [-0.1, -0.05) is 0 Å². The fourth-order valence-electron chi connectivity index (χ4n) is 2.81. The maximum Gasteiger partial charge on any atom is 0.254 e. The van der Waals surface area contributed by atoms with Crippen molar-refractivity contribution in [3.05, 3.63) is 35.4 Å². The van der Waals surface area contributed by atoms with Gasteiger partial charge in [0.15, 0.2) is 11.6 Å². The number of rotatable bonds is 4. The second kappa shape index (κ2) is 6.85.